The van der Waals surface area contributed by atoms with Gasteiger partial charge in [0, 0.05) is 31.0 Å². The number of anilines is 2. The number of amides is 2. The number of nitrogens with one attached hydrogen (secondary N) is 2. The van der Waals surface area contributed by atoms with Gasteiger partial charge in [0.05, 0.1) is 23.4 Å². The summed E-state index contributed by atoms with van der Waals surface area (Å²) in [5.74, 6) is -0.889. The first kappa shape index (κ1) is 19.7. The third-order valence-electron chi connectivity index (χ3n) is 4.06. The normalized spacial score (nSPS) is 10.6. The highest BCUT2D eigenvalue weighted by Crippen LogP contribution is 2.17. The number of nitrogens with zero attached hydrogens (tertiary/aromatic N) is 5. The molecule has 0 saturated heterocycles. The van der Waals surface area contributed by atoms with Crippen LogP contribution in [0.2, 0.25) is 0 Å². The summed E-state index contributed by atoms with van der Waals surface area (Å²) in [4.78, 5) is 34.6. The Morgan fingerprint density at radius 2 is 1.86 bits per heavy atom. The molecular weight excluding hydrogens is 378 g/mol. The zero-order valence-corrected chi connectivity index (χ0v) is 15.8. The molecule has 0 radical (unpaired) electrons. The molecule has 3 aromatic rings. The van der Waals surface area contributed by atoms with E-state index in [4.69, 9.17) is 0 Å². The lowest BCUT2D eigenvalue weighted by Gasteiger charge is -2.08. The van der Waals surface area contributed by atoms with Gasteiger partial charge < -0.3 is 20.7 Å². The van der Waals surface area contributed by atoms with Gasteiger partial charge in [-0.05, 0) is 36.1 Å². The molecule has 0 unspecified atom stereocenters. The van der Waals surface area contributed by atoms with Gasteiger partial charge >= 0.3 is 5.82 Å². The highest BCUT2D eigenvalue weighted by atomic mass is 16.6. The van der Waals surface area contributed by atoms with Crippen LogP contribution in [0.3, 0.4) is 0 Å². The average molecular weight is 397 g/mol. The first-order valence-corrected chi connectivity index (χ1v) is 8.71. The quantitative estimate of drug-likeness (QED) is 0.463. The van der Waals surface area contributed by atoms with Gasteiger partial charge in [0.1, 0.15) is 0 Å². The predicted molar refractivity (Wildman–Crippen MR) is 104 cm³/mol. The Labute approximate surface area is 165 Å². The predicted octanol–water partition coefficient (Wildman–Crippen LogP) is 2.11. The molecule has 3 rings (SSSR count). The zero-order chi connectivity index (χ0) is 21.0. The van der Waals surface area contributed by atoms with Gasteiger partial charge in [0.2, 0.25) is 5.91 Å². The van der Waals surface area contributed by atoms with Crippen LogP contribution in [-0.2, 0) is 18.4 Å². The fraction of sp³-hybridized carbons (Fsp3) is 0.222. The number of benzene rings is 1. The minimum absolute atomic E-state index is 0.0875. The topological polar surface area (TPSA) is 137 Å². The van der Waals surface area contributed by atoms with Crippen molar-refractivity contribution in [2.75, 3.05) is 10.6 Å². The maximum atomic E-state index is 12.2. The van der Waals surface area contributed by atoms with E-state index in [0.717, 1.165) is 0 Å². The Morgan fingerprint density at radius 1 is 1.14 bits per heavy atom. The minimum atomic E-state index is -0.575. The van der Waals surface area contributed by atoms with E-state index < -0.39 is 4.92 Å². The highest BCUT2D eigenvalue weighted by Gasteiger charge is 2.16. The molecule has 11 heteroatoms. The van der Waals surface area contributed by atoms with E-state index >= 15 is 0 Å². The van der Waals surface area contributed by atoms with E-state index in [2.05, 4.69) is 20.8 Å². The first-order valence-electron chi connectivity index (χ1n) is 8.71. The first-order chi connectivity index (χ1) is 13.8. The number of aryl methyl sites for hydroxylation is 3. The fourth-order valence-electron chi connectivity index (χ4n) is 2.65. The van der Waals surface area contributed by atoms with Crippen molar-refractivity contribution in [3.8, 4) is 0 Å². The third kappa shape index (κ3) is 5.03. The number of carbonyl (C=O) groups excluding carboxylic acids is 2. The molecule has 0 saturated carbocycles. The molecule has 2 heterocycles. The average Bonchev–Trinajstić information content (AvgIpc) is 3.26. The van der Waals surface area contributed by atoms with Crippen LogP contribution in [0.1, 0.15) is 22.6 Å². The number of nitro groups is 1. The van der Waals surface area contributed by atoms with Crippen LogP contribution in [0.4, 0.5) is 17.2 Å². The lowest BCUT2D eigenvalue weighted by atomic mass is 10.2. The van der Waals surface area contributed by atoms with Crippen molar-refractivity contribution in [3.05, 3.63) is 64.1 Å². The van der Waals surface area contributed by atoms with Crippen molar-refractivity contribution in [2.24, 2.45) is 7.05 Å². The van der Waals surface area contributed by atoms with Crippen molar-refractivity contribution in [2.45, 2.75) is 19.9 Å². The van der Waals surface area contributed by atoms with E-state index in [1.807, 2.05) is 0 Å². The Hall–Kier alpha value is -4.02. The molecule has 29 heavy (non-hydrogen) atoms. The van der Waals surface area contributed by atoms with Gasteiger partial charge in [-0.25, -0.2) is 0 Å². The van der Waals surface area contributed by atoms with E-state index in [1.54, 1.807) is 50.5 Å². The van der Waals surface area contributed by atoms with E-state index in [-0.39, 0.29) is 36.3 Å². The summed E-state index contributed by atoms with van der Waals surface area (Å²) in [6.45, 7) is 1.90. The van der Waals surface area contributed by atoms with E-state index in [9.17, 15) is 19.7 Å². The standard InChI is InChI=1S/C18H19N7O4/c1-12-10-16(25(28)29)22-24(12)9-7-17(26)19-13-4-3-5-14(11-13)20-18(27)15-6-8-23(2)21-15/h3-6,8,10-11H,7,9H2,1-2H3,(H,19,26)(H,20,27). The number of carbonyl (C=O) groups is 2. The van der Waals surface area contributed by atoms with Crippen LogP contribution in [0.15, 0.2) is 42.6 Å². The van der Waals surface area contributed by atoms with Crippen LogP contribution < -0.4 is 10.6 Å². The lowest BCUT2D eigenvalue weighted by Crippen LogP contribution is -2.16. The summed E-state index contributed by atoms with van der Waals surface area (Å²) in [6.07, 6.45) is 1.76. The highest BCUT2D eigenvalue weighted by molar-refractivity contribution is 6.03. The third-order valence-corrected chi connectivity index (χ3v) is 4.06. The number of rotatable bonds is 7. The molecule has 150 valence electrons. The smallest absolute Gasteiger partial charge is 0.358 e. The second kappa shape index (κ2) is 8.33. The van der Waals surface area contributed by atoms with Crippen molar-refractivity contribution >= 4 is 29.0 Å². The van der Waals surface area contributed by atoms with Gasteiger partial charge in [-0.1, -0.05) is 6.07 Å². The van der Waals surface area contributed by atoms with Crippen LogP contribution in [0.25, 0.3) is 0 Å². The minimum Gasteiger partial charge on any atom is -0.358 e. The van der Waals surface area contributed by atoms with Crippen LogP contribution in [0.5, 0.6) is 0 Å². The summed E-state index contributed by atoms with van der Waals surface area (Å²) >= 11 is 0. The summed E-state index contributed by atoms with van der Waals surface area (Å²) in [6, 6.07) is 9.67. The number of aromatic nitrogens is 4. The van der Waals surface area contributed by atoms with Crippen LogP contribution in [-0.4, -0.2) is 36.3 Å². The van der Waals surface area contributed by atoms with Gasteiger partial charge in [0.15, 0.2) is 5.69 Å². The molecule has 11 nitrogen and oxygen atoms in total. The van der Waals surface area contributed by atoms with Gasteiger partial charge in [-0.15, -0.1) is 0 Å². The SMILES string of the molecule is Cc1cc([N+](=O)[O-])nn1CCC(=O)Nc1cccc(NC(=O)c2ccn(C)n2)c1. The molecule has 0 aliphatic heterocycles. The Bertz CT molecular complexity index is 1070. The molecule has 0 bridgehead atoms. The summed E-state index contributed by atoms with van der Waals surface area (Å²) < 4.78 is 2.95. The lowest BCUT2D eigenvalue weighted by molar-refractivity contribution is -0.389. The van der Waals surface area contributed by atoms with Crippen molar-refractivity contribution in [3.63, 3.8) is 0 Å². The maximum absolute atomic E-state index is 12.2. The molecule has 2 N–H and O–H groups in total. The second-order valence-corrected chi connectivity index (χ2v) is 6.33. The Balaban J connectivity index is 1.57. The Morgan fingerprint density at radius 3 is 2.48 bits per heavy atom. The zero-order valence-electron chi connectivity index (χ0n) is 15.8. The van der Waals surface area contributed by atoms with Crippen LogP contribution in [0, 0.1) is 17.0 Å². The van der Waals surface area contributed by atoms with Crippen LogP contribution >= 0.6 is 0 Å². The molecule has 2 amide bonds. The van der Waals surface area contributed by atoms with Gasteiger partial charge in [0.25, 0.3) is 5.91 Å². The largest absolute Gasteiger partial charge is 0.390 e. The molecule has 0 atom stereocenters. The summed E-state index contributed by atoms with van der Waals surface area (Å²) in [5.41, 5.74) is 1.91. The van der Waals surface area contributed by atoms with Crippen molar-refractivity contribution < 1.29 is 14.5 Å². The second-order valence-electron chi connectivity index (χ2n) is 6.33. The molecule has 0 aliphatic carbocycles. The molecule has 2 aromatic heterocycles. The maximum Gasteiger partial charge on any atom is 0.390 e. The fourth-order valence-corrected chi connectivity index (χ4v) is 2.65. The van der Waals surface area contributed by atoms with Crippen molar-refractivity contribution in [1.29, 1.82) is 0 Å². The Kier molecular flexibility index (Phi) is 5.67. The molecule has 0 spiro atoms. The number of hydrogen-bond acceptors (Lipinski definition) is 6. The molecule has 0 fully saturated rings. The van der Waals surface area contributed by atoms with E-state index in [1.165, 1.54) is 15.4 Å². The monoisotopic (exact) mass is 397 g/mol. The van der Waals surface area contributed by atoms with Crippen molar-refractivity contribution in [1.82, 2.24) is 19.6 Å². The van der Waals surface area contributed by atoms with Gasteiger partial charge in [-0.3, -0.25) is 14.3 Å². The summed E-state index contributed by atoms with van der Waals surface area (Å²) in [5, 5.41) is 24.1. The molecule has 0 aliphatic rings. The van der Waals surface area contributed by atoms with Gasteiger partial charge in [-0.2, -0.15) is 9.78 Å². The number of hydrogen-bond donors (Lipinski definition) is 2. The van der Waals surface area contributed by atoms with E-state index in [0.29, 0.717) is 17.1 Å². The molecule has 1 aromatic carbocycles. The molecular formula is C18H19N7O4. The summed E-state index contributed by atoms with van der Waals surface area (Å²) in [7, 11) is 1.72.